The minimum atomic E-state index is -0.406. The van der Waals surface area contributed by atoms with Crippen LogP contribution in [0.3, 0.4) is 0 Å². The van der Waals surface area contributed by atoms with E-state index < -0.39 is 6.10 Å². The Morgan fingerprint density at radius 3 is 2.43 bits per heavy atom. The number of para-hydroxylation sites is 1. The van der Waals surface area contributed by atoms with Crippen molar-refractivity contribution in [3.63, 3.8) is 0 Å². The van der Waals surface area contributed by atoms with Gasteiger partial charge in [0.2, 0.25) is 0 Å². The van der Waals surface area contributed by atoms with Crippen LogP contribution in [0.15, 0.2) is 30.3 Å². The number of amides is 1. The van der Waals surface area contributed by atoms with Crippen LogP contribution in [0, 0.1) is 5.92 Å². The molecule has 0 unspecified atom stereocenters. The van der Waals surface area contributed by atoms with Gasteiger partial charge in [0.15, 0.2) is 6.10 Å². The van der Waals surface area contributed by atoms with Gasteiger partial charge in [0.1, 0.15) is 5.75 Å². The lowest BCUT2D eigenvalue weighted by Gasteiger charge is -2.20. The predicted octanol–water partition coefficient (Wildman–Crippen LogP) is 4.18. The Morgan fingerprint density at radius 2 is 1.86 bits per heavy atom. The first-order chi connectivity index (χ1) is 10.2. The number of rotatable bonds is 10. The number of hydrogen-bond acceptors (Lipinski definition) is 2. The van der Waals surface area contributed by atoms with E-state index in [0.29, 0.717) is 12.3 Å². The van der Waals surface area contributed by atoms with Gasteiger partial charge in [-0.05, 0) is 30.9 Å². The first kappa shape index (κ1) is 17.5. The van der Waals surface area contributed by atoms with E-state index >= 15 is 0 Å². The maximum absolute atomic E-state index is 12.2. The summed E-state index contributed by atoms with van der Waals surface area (Å²) in [5, 5.41) is 3.05. The van der Waals surface area contributed by atoms with Gasteiger partial charge in [0, 0.05) is 6.54 Å². The lowest BCUT2D eigenvalue weighted by molar-refractivity contribution is -0.128. The summed E-state index contributed by atoms with van der Waals surface area (Å²) in [7, 11) is 0. The molecule has 1 N–H and O–H groups in total. The van der Waals surface area contributed by atoms with Gasteiger partial charge in [-0.1, -0.05) is 58.2 Å². The second-order valence-electron chi connectivity index (χ2n) is 5.49. The molecule has 0 fully saturated rings. The average Bonchev–Trinajstić information content (AvgIpc) is 2.53. The van der Waals surface area contributed by atoms with Crippen molar-refractivity contribution in [2.24, 2.45) is 5.92 Å². The van der Waals surface area contributed by atoms with Crippen LogP contribution in [0.2, 0.25) is 0 Å². The summed E-state index contributed by atoms with van der Waals surface area (Å²) < 4.78 is 5.76. The molecule has 0 heterocycles. The number of carbonyl (C=O) groups excluding carboxylic acids is 1. The van der Waals surface area contributed by atoms with Crippen LogP contribution in [0.1, 0.15) is 52.9 Å². The SMILES string of the molecule is CCCC[C@H](CC)CNC(=O)[C@@H](CC)Oc1ccccc1. The molecule has 0 bridgehead atoms. The summed E-state index contributed by atoms with van der Waals surface area (Å²) in [6.45, 7) is 7.11. The zero-order valence-corrected chi connectivity index (χ0v) is 13.6. The van der Waals surface area contributed by atoms with Gasteiger partial charge >= 0.3 is 0 Å². The van der Waals surface area contributed by atoms with Crippen molar-refractivity contribution in [1.82, 2.24) is 5.32 Å². The number of ether oxygens (including phenoxy) is 1. The third-order valence-electron chi connectivity index (χ3n) is 3.79. The highest BCUT2D eigenvalue weighted by Crippen LogP contribution is 2.14. The standard InChI is InChI=1S/C18H29NO2/c1-4-7-11-15(5-2)14-19-18(20)17(6-3)21-16-12-9-8-10-13-16/h8-10,12-13,15,17H,4-7,11,14H2,1-3H3,(H,19,20)/t15-,17+/m0/s1. The van der Waals surface area contributed by atoms with Crippen molar-refractivity contribution < 1.29 is 9.53 Å². The molecule has 118 valence electrons. The fourth-order valence-electron chi connectivity index (χ4n) is 2.29. The lowest BCUT2D eigenvalue weighted by Crippen LogP contribution is -2.40. The number of benzene rings is 1. The van der Waals surface area contributed by atoms with Crippen LogP contribution in [0.25, 0.3) is 0 Å². The molecule has 0 aromatic heterocycles. The third kappa shape index (κ3) is 6.65. The van der Waals surface area contributed by atoms with Gasteiger partial charge in [-0.3, -0.25) is 4.79 Å². The molecule has 1 aromatic rings. The smallest absolute Gasteiger partial charge is 0.261 e. The van der Waals surface area contributed by atoms with Crippen molar-refractivity contribution >= 4 is 5.91 Å². The Hall–Kier alpha value is -1.51. The molecule has 21 heavy (non-hydrogen) atoms. The van der Waals surface area contributed by atoms with Gasteiger partial charge in [0.25, 0.3) is 5.91 Å². The van der Waals surface area contributed by atoms with Crippen molar-refractivity contribution in [1.29, 1.82) is 0 Å². The van der Waals surface area contributed by atoms with Crippen LogP contribution < -0.4 is 10.1 Å². The molecule has 2 atom stereocenters. The van der Waals surface area contributed by atoms with E-state index in [9.17, 15) is 4.79 Å². The number of nitrogens with one attached hydrogen (secondary N) is 1. The minimum absolute atomic E-state index is 0.00342. The molecular formula is C18H29NO2. The van der Waals surface area contributed by atoms with Crippen LogP contribution in [-0.4, -0.2) is 18.6 Å². The second-order valence-corrected chi connectivity index (χ2v) is 5.49. The van der Waals surface area contributed by atoms with Gasteiger partial charge in [-0.25, -0.2) is 0 Å². The number of carbonyl (C=O) groups is 1. The summed E-state index contributed by atoms with van der Waals surface area (Å²) in [4.78, 5) is 12.2. The van der Waals surface area contributed by atoms with E-state index in [1.807, 2.05) is 37.3 Å². The summed E-state index contributed by atoms with van der Waals surface area (Å²) in [5.74, 6) is 1.32. The Kier molecular flexibility index (Phi) is 8.56. The quantitative estimate of drug-likeness (QED) is 0.702. The Bertz CT molecular complexity index is 391. The molecule has 3 heteroatoms. The van der Waals surface area contributed by atoms with Crippen molar-refractivity contribution in [2.75, 3.05) is 6.54 Å². The minimum Gasteiger partial charge on any atom is -0.481 e. The molecule has 1 amide bonds. The van der Waals surface area contributed by atoms with Crippen molar-refractivity contribution in [3.8, 4) is 5.75 Å². The molecule has 0 spiro atoms. The maximum Gasteiger partial charge on any atom is 0.261 e. The molecule has 1 rings (SSSR count). The van der Waals surface area contributed by atoms with E-state index in [-0.39, 0.29) is 5.91 Å². The van der Waals surface area contributed by atoms with E-state index in [1.165, 1.54) is 19.3 Å². The highest BCUT2D eigenvalue weighted by Gasteiger charge is 2.19. The lowest BCUT2D eigenvalue weighted by atomic mass is 9.99. The molecule has 0 saturated heterocycles. The van der Waals surface area contributed by atoms with Crippen LogP contribution in [0.4, 0.5) is 0 Å². The number of unbranched alkanes of at least 4 members (excludes halogenated alkanes) is 1. The normalized spacial score (nSPS) is 13.5. The largest absolute Gasteiger partial charge is 0.481 e. The summed E-state index contributed by atoms with van der Waals surface area (Å²) in [6.07, 6.45) is 4.99. The fraction of sp³-hybridized carbons (Fsp3) is 0.611. The zero-order valence-electron chi connectivity index (χ0n) is 13.6. The average molecular weight is 291 g/mol. The molecule has 3 nitrogen and oxygen atoms in total. The molecular weight excluding hydrogens is 262 g/mol. The molecule has 0 saturated carbocycles. The summed E-state index contributed by atoms with van der Waals surface area (Å²) in [6, 6.07) is 9.53. The molecule has 1 aromatic carbocycles. The fourth-order valence-corrected chi connectivity index (χ4v) is 2.29. The third-order valence-corrected chi connectivity index (χ3v) is 3.79. The van der Waals surface area contributed by atoms with Crippen LogP contribution in [0.5, 0.6) is 5.75 Å². The Morgan fingerprint density at radius 1 is 1.14 bits per heavy atom. The topological polar surface area (TPSA) is 38.3 Å². The highest BCUT2D eigenvalue weighted by molar-refractivity contribution is 5.81. The molecule has 0 aliphatic heterocycles. The highest BCUT2D eigenvalue weighted by atomic mass is 16.5. The van der Waals surface area contributed by atoms with Gasteiger partial charge in [-0.2, -0.15) is 0 Å². The Labute approximate surface area is 129 Å². The van der Waals surface area contributed by atoms with E-state index in [1.54, 1.807) is 0 Å². The number of hydrogen-bond donors (Lipinski definition) is 1. The van der Waals surface area contributed by atoms with Gasteiger partial charge in [0.05, 0.1) is 0 Å². The van der Waals surface area contributed by atoms with Crippen LogP contribution in [-0.2, 0) is 4.79 Å². The van der Waals surface area contributed by atoms with Crippen molar-refractivity contribution in [2.45, 2.75) is 59.0 Å². The monoisotopic (exact) mass is 291 g/mol. The molecule has 0 aliphatic carbocycles. The summed E-state index contributed by atoms with van der Waals surface area (Å²) >= 11 is 0. The zero-order chi connectivity index (χ0) is 15.5. The van der Waals surface area contributed by atoms with E-state index in [4.69, 9.17) is 4.74 Å². The van der Waals surface area contributed by atoms with Gasteiger partial charge < -0.3 is 10.1 Å². The molecule has 0 aliphatic rings. The van der Waals surface area contributed by atoms with E-state index in [0.717, 1.165) is 18.7 Å². The predicted molar refractivity (Wildman–Crippen MR) is 87.5 cm³/mol. The second kappa shape index (κ2) is 10.3. The first-order valence-electron chi connectivity index (χ1n) is 8.20. The Balaban J connectivity index is 2.43. The van der Waals surface area contributed by atoms with Crippen LogP contribution >= 0.6 is 0 Å². The van der Waals surface area contributed by atoms with E-state index in [2.05, 4.69) is 19.2 Å². The summed E-state index contributed by atoms with van der Waals surface area (Å²) in [5.41, 5.74) is 0. The maximum atomic E-state index is 12.2. The first-order valence-corrected chi connectivity index (χ1v) is 8.20. The van der Waals surface area contributed by atoms with Gasteiger partial charge in [-0.15, -0.1) is 0 Å². The van der Waals surface area contributed by atoms with Crippen molar-refractivity contribution in [3.05, 3.63) is 30.3 Å². The molecule has 0 radical (unpaired) electrons.